The molecule has 0 bridgehead atoms. The number of hydrogen-bond donors (Lipinski definition) is 4. The number of aliphatic carboxylic acids is 3. The summed E-state index contributed by atoms with van der Waals surface area (Å²) in [5.74, 6) is -6.50. The van der Waals surface area contributed by atoms with Crippen LogP contribution in [0.5, 0.6) is 0 Å². The van der Waals surface area contributed by atoms with Crippen LogP contribution in [0.4, 0.5) is 0 Å². The first-order valence-electron chi connectivity index (χ1n) is 11.0. The average molecular weight is 445 g/mol. The molecule has 0 aliphatic rings. The van der Waals surface area contributed by atoms with E-state index in [1.54, 1.807) is 0 Å². The molecular weight excluding hydrogens is 400 g/mol. The second-order valence-electron chi connectivity index (χ2n) is 12.6. The molecule has 0 heterocycles. The van der Waals surface area contributed by atoms with Crippen molar-refractivity contribution in [2.24, 2.45) is 27.6 Å². The summed E-state index contributed by atoms with van der Waals surface area (Å²) in [5.41, 5.74) is -6.06. The van der Waals surface area contributed by atoms with Crippen LogP contribution >= 0.6 is 0 Å². The molecule has 2 atom stereocenters. The van der Waals surface area contributed by atoms with Crippen molar-refractivity contribution in [2.75, 3.05) is 0 Å². The van der Waals surface area contributed by atoms with Gasteiger partial charge in [0.1, 0.15) is 5.41 Å². The number of rotatable bonds is 11. The molecule has 0 aromatic heterocycles. The van der Waals surface area contributed by atoms with Crippen molar-refractivity contribution >= 4 is 17.9 Å². The molecule has 31 heavy (non-hydrogen) atoms. The molecule has 0 saturated carbocycles. The van der Waals surface area contributed by atoms with Gasteiger partial charge in [0.05, 0.1) is 5.92 Å². The highest BCUT2D eigenvalue weighted by Crippen LogP contribution is 2.50. The van der Waals surface area contributed by atoms with Crippen molar-refractivity contribution in [3.8, 4) is 0 Å². The van der Waals surface area contributed by atoms with Crippen molar-refractivity contribution in [1.82, 2.24) is 0 Å². The Morgan fingerprint density at radius 1 is 0.613 bits per heavy atom. The molecule has 2 unspecified atom stereocenters. The van der Waals surface area contributed by atoms with Crippen molar-refractivity contribution in [3.63, 3.8) is 0 Å². The number of carbonyl (C=O) groups is 3. The average Bonchev–Trinajstić information content (AvgIpc) is 2.50. The Morgan fingerprint density at radius 2 is 0.968 bits per heavy atom. The van der Waals surface area contributed by atoms with Crippen molar-refractivity contribution in [1.29, 1.82) is 0 Å². The quantitative estimate of drug-likeness (QED) is 0.350. The van der Waals surface area contributed by atoms with Crippen molar-refractivity contribution in [3.05, 3.63) is 0 Å². The minimum absolute atomic E-state index is 0.135. The summed E-state index contributed by atoms with van der Waals surface area (Å²) < 4.78 is 0. The van der Waals surface area contributed by atoms with Gasteiger partial charge in [0.15, 0.2) is 5.60 Å². The van der Waals surface area contributed by atoms with Crippen LogP contribution in [0.2, 0.25) is 0 Å². The molecule has 7 heteroatoms. The van der Waals surface area contributed by atoms with E-state index in [9.17, 15) is 34.8 Å². The fraction of sp³-hybridized carbons (Fsp3) is 0.875. The van der Waals surface area contributed by atoms with E-state index in [2.05, 4.69) is 0 Å². The number of carboxylic acids is 3. The van der Waals surface area contributed by atoms with E-state index in [1.807, 2.05) is 62.3 Å². The van der Waals surface area contributed by atoms with E-state index in [1.165, 1.54) is 0 Å². The lowest BCUT2D eigenvalue weighted by Gasteiger charge is -2.46. The number of hydrogen-bond acceptors (Lipinski definition) is 4. The summed E-state index contributed by atoms with van der Waals surface area (Å²) in [6, 6.07) is 0. The van der Waals surface area contributed by atoms with E-state index in [-0.39, 0.29) is 35.5 Å². The minimum Gasteiger partial charge on any atom is -0.481 e. The molecule has 0 aliphatic heterocycles. The van der Waals surface area contributed by atoms with Crippen LogP contribution < -0.4 is 0 Å². The first kappa shape index (κ1) is 29.4. The standard InChI is InChI=1S/C24H44O7/c1-20(2,3)11-10-16(17(25)26)24(31,19(29)30)23(18(27)28,14-12-21(4,5)6)15-13-22(7,8)9/h16,31H,10-15H2,1-9H3,(H,25,26)(H,27,28)(H,29,30). The Balaban J connectivity index is 6.79. The third-order valence-electron chi connectivity index (χ3n) is 6.05. The molecule has 0 fully saturated rings. The van der Waals surface area contributed by atoms with Gasteiger partial charge in [-0.15, -0.1) is 0 Å². The maximum Gasteiger partial charge on any atom is 0.337 e. The van der Waals surface area contributed by atoms with Gasteiger partial charge < -0.3 is 20.4 Å². The lowest BCUT2D eigenvalue weighted by atomic mass is 9.57. The van der Waals surface area contributed by atoms with Crippen LogP contribution in [0.15, 0.2) is 0 Å². The molecule has 0 saturated heterocycles. The molecule has 7 nitrogen and oxygen atoms in total. The Kier molecular flexibility index (Phi) is 9.36. The van der Waals surface area contributed by atoms with Crippen LogP contribution in [0.1, 0.15) is 101 Å². The summed E-state index contributed by atoms with van der Waals surface area (Å²) in [6.45, 7) is 17.1. The van der Waals surface area contributed by atoms with E-state index < -0.39 is 34.8 Å². The summed E-state index contributed by atoms with van der Waals surface area (Å²) >= 11 is 0. The van der Waals surface area contributed by atoms with E-state index >= 15 is 0 Å². The molecule has 0 rings (SSSR count). The predicted octanol–water partition coefficient (Wildman–Crippen LogP) is 5.05. The fourth-order valence-corrected chi connectivity index (χ4v) is 3.84. The van der Waals surface area contributed by atoms with Gasteiger partial charge in [-0.2, -0.15) is 0 Å². The molecule has 4 N–H and O–H groups in total. The van der Waals surface area contributed by atoms with Gasteiger partial charge in [-0.25, -0.2) is 4.79 Å². The molecule has 0 radical (unpaired) electrons. The maximum atomic E-state index is 12.7. The maximum absolute atomic E-state index is 12.7. The second-order valence-corrected chi connectivity index (χ2v) is 12.6. The van der Waals surface area contributed by atoms with Crippen LogP contribution in [-0.4, -0.2) is 43.9 Å². The third kappa shape index (κ3) is 8.09. The molecule has 0 aliphatic carbocycles. The zero-order valence-electron chi connectivity index (χ0n) is 20.8. The third-order valence-corrected chi connectivity index (χ3v) is 6.05. The highest BCUT2D eigenvalue weighted by atomic mass is 16.4. The van der Waals surface area contributed by atoms with Crippen molar-refractivity contribution in [2.45, 2.75) is 106 Å². The molecule has 0 amide bonds. The predicted molar refractivity (Wildman–Crippen MR) is 120 cm³/mol. The lowest BCUT2D eigenvalue weighted by Crippen LogP contribution is -2.64. The summed E-state index contributed by atoms with van der Waals surface area (Å²) in [5, 5.41) is 42.1. The van der Waals surface area contributed by atoms with Crippen LogP contribution in [-0.2, 0) is 14.4 Å². The zero-order valence-corrected chi connectivity index (χ0v) is 20.8. The monoisotopic (exact) mass is 444 g/mol. The summed E-state index contributed by atoms with van der Waals surface area (Å²) in [4.78, 5) is 37.5. The van der Waals surface area contributed by atoms with Gasteiger partial charge >= 0.3 is 17.9 Å². The second kappa shape index (κ2) is 9.88. The van der Waals surface area contributed by atoms with Gasteiger partial charge in [0.25, 0.3) is 0 Å². The largest absolute Gasteiger partial charge is 0.481 e. The fourth-order valence-electron chi connectivity index (χ4n) is 3.84. The van der Waals surface area contributed by atoms with E-state index in [4.69, 9.17) is 0 Å². The Hall–Kier alpha value is -1.63. The van der Waals surface area contributed by atoms with Crippen LogP contribution in [0.25, 0.3) is 0 Å². The topological polar surface area (TPSA) is 132 Å². The summed E-state index contributed by atoms with van der Waals surface area (Å²) in [6.07, 6.45) is 0.568. The molecule has 0 aromatic rings. The SMILES string of the molecule is CC(C)(C)CCC(C(=O)O)C(O)(C(=O)O)C(CCC(C)(C)C)(CCC(C)(C)C)C(=O)O. The van der Waals surface area contributed by atoms with Gasteiger partial charge in [0.2, 0.25) is 0 Å². The molecular formula is C24H44O7. The molecule has 182 valence electrons. The Labute approximate surface area is 187 Å². The normalized spacial score (nSPS) is 16.5. The smallest absolute Gasteiger partial charge is 0.337 e. The highest BCUT2D eigenvalue weighted by molar-refractivity contribution is 5.93. The Morgan fingerprint density at radius 3 is 1.19 bits per heavy atom. The minimum atomic E-state index is -2.95. The van der Waals surface area contributed by atoms with Gasteiger partial charge in [-0.05, 0) is 54.8 Å². The van der Waals surface area contributed by atoms with Crippen molar-refractivity contribution < 1.29 is 34.8 Å². The molecule has 0 aromatic carbocycles. The Bertz CT molecular complexity index is 628. The lowest BCUT2D eigenvalue weighted by molar-refractivity contribution is -0.209. The van der Waals surface area contributed by atoms with Crippen LogP contribution in [0.3, 0.4) is 0 Å². The summed E-state index contributed by atoms with van der Waals surface area (Å²) in [7, 11) is 0. The van der Waals surface area contributed by atoms with Gasteiger partial charge in [-0.1, -0.05) is 62.3 Å². The first-order valence-corrected chi connectivity index (χ1v) is 11.0. The zero-order chi connectivity index (χ0) is 25.1. The first-order chi connectivity index (χ1) is 13.6. The number of aliphatic hydroxyl groups is 1. The van der Waals surface area contributed by atoms with E-state index in [0.717, 1.165) is 0 Å². The number of carboxylic acid groups (broad SMARTS) is 3. The van der Waals surface area contributed by atoms with Gasteiger partial charge in [0, 0.05) is 0 Å². The molecule has 0 spiro atoms. The van der Waals surface area contributed by atoms with Gasteiger partial charge in [-0.3, -0.25) is 9.59 Å². The van der Waals surface area contributed by atoms with Crippen LogP contribution in [0, 0.1) is 27.6 Å². The van der Waals surface area contributed by atoms with E-state index in [0.29, 0.717) is 19.3 Å². The highest BCUT2D eigenvalue weighted by Gasteiger charge is 2.66.